The molecule has 0 N–H and O–H groups in total. The minimum atomic E-state index is -1.90. The lowest BCUT2D eigenvalue weighted by atomic mass is 11.3. The zero-order chi connectivity index (χ0) is 9.23. The molecule has 0 saturated heterocycles. The van der Waals surface area contributed by atoms with E-state index in [1.807, 2.05) is 37.5 Å². The average Bonchev–Trinajstić information content (AvgIpc) is 1.84. The molecule has 0 bridgehead atoms. The van der Waals surface area contributed by atoms with Crippen molar-refractivity contribution in [2.24, 2.45) is 0 Å². The number of nitrogens with zero attached hydrogens (tertiary/aromatic N) is 2. The Morgan fingerprint density at radius 3 is 1.36 bits per heavy atom. The normalized spacial score (nSPS) is 13.5. The van der Waals surface area contributed by atoms with Crippen LogP contribution in [0.4, 0.5) is 0 Å². The van der Waals surface area contributed by atoms with Gasteiger partial charge in [0.05, 0.1) is 0 Å². The minimum Gasteiger partial charge on any atom is -0.268 e. The predicted octanol–water partition coefficient (Wildman–Crippen LogP) is 2.18. The highest BCUT2D eigenvalue weighted by Crippen LogP contribution is 2.57. The number of hydrogen-bond acceptors (Lipinski definition) is 1. The van der Waals surface area contributed by atoms with Gasteiger partial charge in [-0.15, -0.1) is 0 Å². The highest BCUT2D eigenvalue weighted by molar-refractivity contribution is 8.13. The van der Waals surface area contributed by atoms with Gasteiger partial charge < -0.3 is 0 Å². The fourth-order valence-electron chi connectivity index (χ4n) is 0.707. The molecule has 0 aliphatic heterocycles. The molecule has 11 heavy (non-hydrogen) atoms. The molecule has 0 rings (SSSR count). The zero-order valence-electron chi connectivity index (χ0n) is 7.08. The van der Waals surface area contributed by atoms with E-state index >= 15 is 0 Å². The quantitative estimate of drug-likeness (QED) is 0.546. The summed E-state index contributed by atoms with van der Waals surface area (Å²) in [6.07, 6.45) is -1.90. The second-order valence-corrected chi connectivity index (χ2v) is 9.17. The molecule has 0 aliphatic rings. The van der Waals surface area contributed by atoms with Crippen LogP contribution >= 0.6 is 29.5 Å². The fraction of sp³-hybridized carbons (Fsp3) is 1.00. The third-order valence-electron chi connectivity index (χ3n) is 1.40. The Bertz CT molecular complexity index is 143. The van der Waals surface area contributed by atoms with E-state index in [2.05, 4.69) is 0 Å². The Balaban J connectivity index is 4.69. The summed E-state index contributed by atoms with van der Waals surface area (Å²) in [5.41, 5.74) is 0. The van der Waals surface area contributed by atoms with Gasteiger partial charge in [0.25, 0.3) is 0 Å². The summed E-state index contributed by atoms with van der Waals surface area (Å²) in [6.45, 7) is 0. The number of alkyl halides is 2. The molecular formula is C5H13Cl2N2PS. The van der Waals surface area contributed by atoms with Crippen molar-refractivity contribution in [1.29, 1.82) is 0 Å². The lowest BCUT2D eigenvalue weighted by molar-refractivity contribution is 0.573. The first-order valence-corrected chi connectivity index (χ1v) is 6.72. The van der Waals surface area contributed by atoms with Gasteiger partial charge in [-0.2, -0.15) is 0 Å². The van der Waals surface area contributed by atoms with Gasteiger partial charge in [-0.1, -0.05) is 35.0 Å². The van der Waals surface area contributed by atoms with E-state index in [0.717, 1.165) is 0 Å². The van der Waals surface area contributed by atoms with Crippen LogP contribution in [0.2, 0.25) is 0 Å². The van der Waals surface area contributed by atoms with Crippen LogP contribution in [0.1, 0.15) is 0 Å². The van der Waals surface area contributed by atoms with Gasteiger partial charge >= 0.3 is 0 Å². The molecule has 0 aromatic carbocycles. The molecule has 0 unspecified atom stereocenters. The minimum absolute atomic E-state index is 0.498. The number of hydrogen-bond donors (Lipinski definition) is 0. The highest BCUT2D eigenvalue weighted by Gasteiger charge is 2.29. The monoisotopic (exact) mass is 234 g/mol. The molecule has 0 radical (unpaired) electrons. The number of rotatable bonds is 3. The summed E-state index contributed by atoms with van der Waals surface area (Å²) in [4.78, 5) is 0. The largest absolute Gasteiger partial charge is 0.268 e. The van der Waals surface area contributed by atoms with Crippen LogP contribution in [0.15, 0.2) is 0 Å². The highest BCUT2D eigenvalue weighted by atomic mass is 35.5. The summed E-state index contributed by atoms with van der Waals surface area (Å²) >= 11 is 17.0. The summed E-state index contributed by atoms with van der Waals surface area (Å²) in [6, 6.07) is 0. The number of halogens is 2. The molecule has 0 aliphatic carbocycles. The van der Waals surface area contributed by atoms with Crippen molar-refractivity contribution >= 4 is 41.3 Å². The van der Waals surface area contributed by atoms with Crippen molar-refractivity contribution < 1.29 is 0 Å². The second-order valence-electron chi connectivity index (χ2n) is 2.56. The van der Waals surface area contributed by atoms with E-state index in [9.17, 15) is 0 Å². The fourth-order valence-corrected chi connectivity index (χ4v) is 4.22. The van der Waals surface area contributed by atoms with Crippen LogP contribution in [0.3, 0.4) is 0 Å². The maximum atomic E-state index is 5.80. The third kappa shape index (κ3) is 2.55. The summed E-state index contributed by atoms with van der Waals surface area (Å²) in [5.74, 6) is 0. The Kier molecular flexibility index (Phi) is 4.86. The molecule has 0 amide bonds. The van der Waals surface area contributed by atoms with Gasteiger partial charge in [0, 0.05) is 0 Å². The van der Waals surface area contributed by atoms with Crippen LogP contribution in [-0.2, 0) is 11.8 Å². The van der Waals surface area contributed by atoms with Crippen molar-refractivity contribution in [2.45, 2.75) is 4.58 Å². The maximum absolute atomic E-state index is 5.80. The van der Waals surface area contributed by atoms with Crippen LogP contribution in [0.25, 0.3) is 0 Å². The van der Waals surface area contributed by atoms with Crippen LogP contribution in [0.5, 0.6) is 0 Å². The standard InChI is InChI=1S/C5H13Cl2N2PS/c1-8(2)10(11,5(6)7)9(3)4/h5H,1-4H3. The molecule has 0 atom stereocenters. The van der Waals surface area contributed by atoms with Crippen molar-refractivity contribution in [3.63, 3.8) is 0 Å². The smallest absolute Gasteiger partial charge is 0.161 e. The summed E-state index contributed by atoms with van der Waals surface area (Å²) in [7, 11) is 7.61. The molecule has 68 valence electrons. The van der Waals surface area contributed by atoms with E-state index in [-0.39, 0.29) is 0 Å². The van der Waals surface area contributed by atoms with E-state index in [4.69, 9.17) is 35.0 Å². The van der Waals surface area contributed by atoms with Crippen molar-refractivity contribution in [1.82, 2.24) is 9.34 Å². The average molecular weight is 235 g/mol. The van der Waals surface area contributed by atoms with Gasteiger partial charge in [-0.25, -0.2) is 0 Å². The topological polar surface area (TPSA) is 6.48 Å². The van der Waals surface area contributed by atoms with E-state index in [0.29, 0.717) is 0 Å². The SMILES string of the molecule is CN(C)P(=S)(C(Cl)Cl)N(C)C. The Morgan fingerprint density at radius 1 is 1.09 bits per heavy atom. The maximum Gasteiger partial charge on any atom is 0.161 e. The molecule has 0 heterocycles. The Labute approximate surface area is 83.6 Å². The van der Waals surface area contributed by atoms with Crippen LogP contribution in [-0.4, -0.2) is 42.1 Å². The van der Waals surface area contributed by atoms with Crippen molar-refractivity contribution in [2.75, 3.05) is 28.2 Å². The Hall–Kier alpha value is 1.15. The van der Waals surface area contributed by atoms with Gasteiger partial charge in [0.15, 0.2) is 4.58 Å². The first kappa shape index (κ1) is 12.2. The predicted molar refractivity (Wildman–Crippen MR) is 57.2 cm³/mol. The van der Waals surface area contributed by atoms with Gasteiger partial charge in [0.2, 0.25) is 0 Å². The molecule has 0 saturated carbocycles. The first-order valence-electron chi connectivity index (χ1n) is 3.07. The summed E-state index contributed by atoms with van der Waals surface area (Å²) in [5, 5.41) is 0. The molecule has 0 aromatic heterocycles. The van der Waals surface area contributed by atoms with Gasteiger partial charge in [-0.3, -0.25) is 9.34 Å². The molecule has 0 fully saturated rings. The zero-order valence-corrected chi connectivity index (χ0v) is 10.3. The van der Waals surface area contributed by atoms with Crippen molar-refractivity contribution in [3.8, 4) is 0 Å². The van der Waals surface area contributed by atoms with Crippen LogP contribution in [0, 0.1) is 0 Å². The lowest BCUT2D eigenvalue weighted by Gasteiger charge is -2.35. The second kappa shape index (κ2) is 4.40. The first-order chi connectivity index (χ1) is 4.83. The molecule has 0 aromatic rings. The Morgan fingerprint density at radius 2 is 1.36 bits per heavy atom. The molecule has 0 spiro atoms. The molecule has 6 heteroatoms. The van der Waals surface area contributed by atoms with Crippen molar-refractivity contribution in [3.05, 3.63) is 0 Å². The van der Waals surface area contributed by atoms with Gasteiger partial charge in [-0.05, 0) is 28.2 Å². The lowest BCUT2D eigenvalue weighted by Crippen LogP contribution is -2.24. The van der Waals surface area contributed by atoms with Gasteiger partial charge in [0.1, 0.15) is 6.34 Å². The van der Waals surface area contributed by atoms with Crippen LogP contribution < -0.4 is 0 Å². The molecule has 2 nitrogen and oxygen atoms in total. The molecular weight excluding hydrogens is 222 g/mol. The third-order valence-corrected chi connectivity index (χ3v) is 9.12. The van der Waals surface area contributed by atoms with E-state index in [1.165, 1.54) is 0 Å². The van der Waals surface area contributed by atoms with E-state index in [1.54, 1.807) is 0 Å². The van der Waals surface area contributed by atoms with E-state index < -0.39 is 10.9 Å². The summed E-state index contributed by atoms with van der Waals surface area (Å²) < 4.78 is 3.35.